The Morgan fingerprint density at radius 3 is 2.48 bits per heavy atom. The highest BCUT2D eigenvalue weighted by Crippen LogP contribution is 2.18. The number of hydrogen-bond acceptors (Lipinski definition) is 6. The van der Waals surface area contributed by atoms with Crippen LogP contribution in [0.4, 0.5) is 11.4 Å². The van der Waals surface area contributed by atoms with Crippen LogP contribution in [0, 0.1) is 0 Å². The van der Waals surface area contributed by atoms with Crippen molar-refractivity contribution >= 4 is 35.0 Å². The minimum absolute atomic E-state index is 0.0669. The number of aromatic nitrogens is 3. The number of nitrogens with zero attached hydrogens (tertiary/aromatic N) is 3. The molecular weight excluding hydrogens is 390 g/mol. The molecule has 0 bridgehead atoms. The molecule has 150 valence electrons. The van der Waals surface area contributed by atoms with Gasteiger partial charge in [0, 0.05) is 24.5 Å². The van der Waals surface area contributed by atoms with Crippen LogP contribution >= 0.6 is 11.8 Å². The van der Waals surface area contributed by atoms with Gasteiger partial charge in [0.1, 0.15) is 11.6 Å². The summed E-state index contributed by atoms with van der Waals surface area (Å²) < 4.78 is 6.86. The summed E-state index contributed by atoms with van der Waals surface area (Å²) in [4.78, 5) is 24.4. The third kappa shape index (κ3) is 5.82. The minimum Gasteiger partial charge on any atom is -0.497 e. The van der Waals surface area contributed by atoms with Gasteiger partial charge in [0.25, 0.3) is 0 Å². The summed E-state index contributed by atoms with van der Waals surface area (Å²) >= 11 is 1.26. The van der Waals surface area contributed by atoms with Gasteiger partial charge < -0.3 is 19.9 Å². The van der Waals surface area contributed by atoms with Crippen LogP contribution in [0.25, 0.3) is 0 Å². The van der Waals surface area contributed by atoms with Crippen LogP contribution < -0.4 is 15.4 Å². The number of rotatable bonds is 8. The minimum atomic E-state index is -0.216. The first-order valence-electron chi connectivity index (χ1n) is 8.85. The molecule has 0 saturated heterocycles. The number of benzene rings is 2. The average molecular weight is 411 g/mol. The van der Waals surface area contributed by atoms with E-state index in [0.717, 1.165) is 5.69 Å². The third-order valence-corrected chi connectivity index (χ3v) is 5.01. The zero-order valence-electron chi connectivity index (χ0n) is 16.1. The number of para-hydroxylation sites is 1. The summed E-state index contributed by atoms with van der Waals surface area (Å²) in [5.74, 6) is 1.01. The van der Waals surface area contributed by atoms with Crippen LogP contribution in [0.1, 0.15) is 5.82 Å². The quantitative estimate of drug-likeness (QED) is 0.553. The van der Waals surface area contributed by atoms with Crippen molar-refractivity contribution in [2.75, 3.05) is 23.5 Å². The molecule has 1 aromatic heterocycles. The van der Waals surface area contributed by atoms with E-state index in [0.29, 0.717) is 22.4 Å². The largest absolute Gasteiger partial charge is 0.497 e. The van der Waals surface area contributed by atoms with Crippen molar-refractivity contribution in [2.45, 2.75) is 11.6 Å². The maximum Gasteiger partial charge on any atom is 0.234 e. The Hall–Kier alpha value is -3.33. The van der Waals surface area contributed by atoms with Crippen LogP contribution in [0.15, 0.2) is 59.8 Å². The number of thioether (sulfide) groups is 1. The summed E-state index contributed by atoms with van der Waals surface area (Å²) in [6, 6.07) is 16.4. The molecule has 2 aromatic carbocycles. The van der Waals surface area contributed by atoms with E-state index >= 15 is 0 Å². The number of anilines is 2. The smallest absolute Gasteiger partial charge is 0.234 e. The van der Waals surface area contributed by atoms with E-state index in [9.17, 15) is 9.59 Å². The van der Waals surface area contributed by atoms with E-state index in [2.05, 4.69) is 20.8 Å². The second-order valence-corrected chi connectivity index (χ2v) is 7.06. The summed E-state index contributed by atoms with van der Waals surface area (Å²) in [7, 11) is 3.34. The topological polar surface area (TPSA) is 98.1 Å². The molecule has 0 saturated carbocycles. The predicted molar refractivity (Wildman–Crippen MR) is 112 cm³/mol. The molecule has 0 atom stereocenters. The monoisotopic (exact) mass is 411 g/mol. The van der Waals surface area contributed by atoms with E-state index in [4.69, 9.17) is 4.74 Å². The molecule has 9 heteroatoms. The molecule has 2 amide bonds. The molecule has 0 aliphatic rings. The predicted octanol–water partition coefficient (Wildman–Crippen LogP) is 2.74. The van der Waals surface area contributed by atoms with Crippen molar-refractivity contribution in [2.24, 2.45) is 7.05 Å². The third-order valence-electron chi connectivity index (χ3n) is 3.99. The number of ether oxygens (including phenoxy) is 1. The fraction of sp³-hybridized carbons (Fsp3) is 0.200. The molecule has 1 heterocycles. The standard InChI is InChI=1S/C20H21N5O3S/c1-25-17(12-18(26)22-15-9-6-10-16(11-15)28-2)23-24-20(25)29-13-19(27)21-14-7-4-3-5-8-14/h3-11H,12-13H2,1-2H3,(H,21,27)(H,22,26). The molecule has 0 radical (unpaired) electrons. The lowest BCUT2D eigenvalue weighted by Gasteiger charge is -2.07. The van der Waals surface area contributed by atoms with Gasteiger partial charge in [-0.25, -0.2) is 0 Å². The average Bonchev–Trinajstić information content (AvgIpc) is 3.06. The van der Waals surface area contributed by atoms with Gasteiger partial charge in [-0.3, -0.25) is 9.59 Å². The lowest BCUT2D eigenvalue weighted by molar-refractivity contribution is -0.116. The fourth-order valence-electron chi connectivity index (χ4n) is 2.52. The first kappa shape index (κ1) is 20.4. The van der Waals surface area contributed by atoms with Crippen molar-refractivity contribution in [3.05, 3.63) is 60.4 Å². The van der Waals surface area contributed by atoms with Gasteiger partial charge in [0.2, 0.25) is 11.8 Å². The SMILES string of the molecule is COc1cccc(NC(=O)Cc2nnc(SCC(=O)Nc3ccccc3)n2C)c1. The van der Waals surface area contributed by atoms with E-state index < -0.39 is 0 Å². The second kappa shape index (κ2) is 9.74. The van der Waals surface area contributed by atoms with Crippen molar-refractivity contribution in [1.82, 2.24) is 14.8 Å². The van der Waals surface area contributed by atoms with Crippen LogP contribution in [-0.2, 0) is 23.1 Å². The Labute approximate surface area is 172 Å². The molecule has 3 aromatic rings. The maximum absolute atomic E-state index is 12.3. The molecule has 3 rings (SSSR count). The van der Waals surface area contributed by atoms with Gasteiger partial charge in [-0.15, -0.1) is 10.2 Å². The van der Waals surface area contributed by atoms with Gasteiger partial charge in [0.15, 0.2) is 5.16 Å². The fourth-order valence-corrected chi connectivity index (χ4v) is 3.25. The second-order valence-electron chi connectivity index (χ2n) is 6.12. The van der Waals surface area contributed by atoms with Crippen LogP contribution in [0.5, 0.6) is 5.75 Å². The lowest BCUT2D eigenvalue weighted by Crippen LogP contribution is -2.17. The molecule has 0 aliphatic heterocycles. The summed E-state index contributed by atoms with van der Waals surface area (Å²) in [6.07, 6.45) is 0.0669. The van der Waals surface area contributed by atoms with E-state index in [1.807, 2.05) is 30.3 Å². The molecule has 8 nitrogen and oxygen atoms in total. The highest BCUT2D eigenvalue weighted by molar-refractivity contribution is 7.99. The Kier molecular flexibility index (Phi) is 6.85. The van der Waals surface area contributed by atoms with Crippen LogP contribution in [0.2, 0.25) is 0 Å². The highest BCUT2D eigenvalue weighted by atomic mass is 32.2. The zero-order chi connectivity index (χ0) is 20.6. The summed E-state index contributed by atoms with van der Waals surface area (Å²) in [6.45, 7) is 0. The molecule has 0 spiro atoms. The van der Waals surface area contributed by atoms with Crippen LogP contribution in [0.3, 0.4) is 0 Å². The van der Waals surface area contributed by atoms with Crippen molar-refractivity contribution in [3.63, 3.8) is 0 Å². The van der Waals surface area contributed by atoms with Gasteiger partial charge in [0.05, 0.1) is 19.3 Å². The van der Waals surface area contributed by atoms with Gasteiger partial charge >= 0.3 is 0 Å². The zero-order valence-corrected chi connectivity index (χ0v) is 16.9. The lowest BCUT2D eigenvalue weighted by atomic mass is 10.3. The highest BCUT2D eigenvalue weighted by Gasteiger charge is 2.15. The van der Waals surface area contributed by atoms with E-state index in [1.165, 1.54) is 11.8 Å². The number of nitrogens with one attached hydrogen (secondary N) is 2. The molecule has 0 fully saturated rings. The Morgan fingerprint density at radius 1 is 1.00 bits per heavy atom. The molecule has 2 N–H and O–H groups in total. The number of carbonyl (C=O) groups excluding carboxylic acids is 2. The van der Waals surface area contributed by atoms with Crippen molar-refractivity contribution < 1.29 is 14.3 Å². The van der Waals surface area contributed by atoms with Crippen LogP contribution in [-0.4, -0.2) is 39.4 Å². The summed E-state index contributed by atoms with van der Waals surface area (Å²) in [5.41, 5.74) is 1.38. The molecule has 0 unspecified atom stereocenters. The molecule has 29 heavy (non-hydrogen) atoms. The maximum atomic E-state index is 12.3. The van der Waals surface area contributed by atoms with Gasteiger partial charge in [-0.05, 0) is 24.3 Å². The van der Waals surface area contributed by atoms with E-state index in [1.54, 1.807) is 43.0 Å². The normalized spacial score (nSPS) is 10.4. The van der Waals surface area contributed by atoms with Gasteiger partial charge in [-0.1, -0.05) is 36.0 Å². The van der Waals surface area contributed by atoms with Gasteiger partial charge in [-0.2, -0.15) is 0 Å². The number of methoxy groups -OCH3 is 1. The number of carbonyl (C=O) groups is 2. The number of amides is 2. The Bertz CT molecular complexity index is 991. The number of hydrogen-bond donors (Lipinski definition) is 2. The van der Waals surface area contributed by atoms with Crippen molar-refractivity contribution in [3.8, 4) is 5.75 Å². The van der Waals surface area contributed by atoms with E-state index in [-0.39, 0.29) is 24.0 Å². The molecule has 0 aliphatic carbocycles. The Morgan fingerprint density at radius 2 is 1.72 bits per heavy atom. The first-order chi connectivity index (χ1) is 14.0. The first-order valence-corrected chi connectivity index (χ1v) is 9.83. The molecular formula is C20H21N5O3S. The summed E-state index contributed by atoms with van der Waals surface area (Å²) in [5, 5.41) is 14.3. The Balaban J connectivity index is 1.53. The van der Waals surface area contributed by atoms with Crippen molar-refractivity contribution in [1.29, 1.82) is 0 Å².